The van der Waals surface area contributed by atoms with E-state index in [9.17, 15) is 19.7 Å². The van der Waals surface area contributed by atoms with Gasteiger partial charge in [-0.25, -0.2) is 0 Å². The van der Waals surface area contributed by atoms with Crippen LogP contribution in [-0.4, -0.2) is 31.5 Å². The topological polar surface area (TPSA) is 145 Å². The molecule has 0 aliphatic carbocycles. The molecule has 3 rings (SSSR count). The molecule has 0 radical (unpaired) electrons. The zero-order valence-corrected chi connectivity index (χ0v) is 16.4. The van der Waals surface area contributed by atoms with Gasteiger partial charge in [0.15, 0.2) is 5.16 Å². The van der Waals surface area contributed by atoms with Crippen molar-refractivity contribution in [2.24, 2.45) is 7.05 Å². The Bertz CT molecular complexity index is 1110. The Morgan fingerprint density at radius 2 is 1.93 bits per heavy atom. The number of furan rings is 1. The van der Waals surface area contributed by atoms with E-state index >= 15 is 0 Å². The Hall–Kier alpha value is -3.67. The predicted molar refractivity (Wildman–Crippen MR) is 101 cm³/mol. The van der Waals surface area contributed by atoms with E-state index < -0.39 is 16.7 Å². The fourth-order valence-corrected chi connectivity index (χ4v) is 3.31. The summed E-state index contributed by atoms with van der Waals surface area (Å²) in [5, 5.41) is 19.5. The molecule has 2 aromatic heterocycles. The van der Waals surface area contributed by atoms with Gasteiger partial charge in [-0.2, -0.15) is 0 Å². The number of nitro groups is 1. The lowest BCUT2D eigenvalue weighted by atomic mass is 10.2. The van der Waals surface area contributed by atoms with Gasteiger partial charge in [-0.15, -0.1) is 10.2 Å². The van der Waals surface area contributed by atoms with Crippen LogP contribution in [0.4, 0.5) is 5.69 Å². The van der Waals surface area contributed by atoms with Gasteiger partial charge in [-0.05, 0) is 43.8 Å². The van der Waals surface area contributed by atoms with Crippen molar-refractivity contribution in [1.29, 1.82) is 0 Å². The molecule has 0 saturated heterocycles. The van der Waals surface area contributed by atoms with Crippen molar-refractivity contribution in [3.8, 4) is 0 Å². The average molecular weight is 416 g/mol. The molecule has 0 bridgehead atoms. The number of hydrogen-bond donors (Lipinski definition) is 2. The van der Waals surface area contributed by atoms with E-state index in [1.807, 2.05) is 0 Å². The molecule has 12 heteroatoms. The van der Waals surface area contributed by atoms with Crippen molar-refractivity contribution in [2.75, 3.05) is 0 Å². The summed E-state index contributed by atoms with van der Waals surface area (Å²) < 4.78 is 6.89. The van der Waals surface area contributed by atoms with Crippen LogP contribution < -0.4 is 10.9 Å². The lowest BCUT2D eigenvalue weighted by Gasteiger charge is -2.08. The third kappa shape index (κ3) is 4.43. The number of hydrogen-bond acceptors (Lipinski definition) is 8. The molecule has 0 spiro atoms. The second kappa shape index (κ2) is 8.14. The molecule has 29 heavy (non-hydrogen) atoms. The molecular formula is C17H16N6O5S. The van der Waals surface area contributed by atoms with Crippen molar-refractivity contribution >= 4 is 29.3 Å². The maximum absolute atomic E-state index is 12.3. The van der Waals surface area contributed by atoms with E-state index in [0.717, 1.165) is 17.8 Å². The SMILES string of the molecule is Cc1cc(C(=O)NNC(=O)c2ccc(Sc3nncn3C)c([N+](=O)[O-])c2)c(C)o1. The van der Waals surface area contributed by atoms with Crippen LogP contribution in [0, 0.1) is 24.0 Å². The summed E-state index contributed by atoms with van der Waals surface area (Å²) in [5.41, 5.74) is 4.53. The van der Waals surface area contributed by atoms with Gasteiger partial charge in [0.2, 0.25) is 0 Å². The number of nitro benzene ring substituents is 1. The largest absolute Gasteiger partial charge is 0.466 e. The van der Waals surface area contributed by atoms with Crippen molar-refractivity contribution in [3.63, 3.8) is 0 Å². The van der Waals surface area contributed by atoms with Crippen LogP contribution in [0.5, 0.6) is 0 Å². The van der Waals surface area contributed by atoms with Gasteiger partial charge >= 0.3 is 0 Å². The lowest BCUT2D eigenvalue weighted by molar-refractivity contribution is -0.387. The first-order valence-electron chi connectivity index (χ1n) is 8.24. The molecule has 0 unspecified atom stereocenters. The van der Waals surface area contributed by atoms with Crippen LogP contribution >= 0.6 is 11.8 Å². The standard InChI is InChI=1S/C17H16N6O5S/c1-9-6-12(10(2)28-9)16(25)20-19-15(24)11-4-5-14(13(7-11)23(26)27)29-17-21-18-8-22(17)3/h4-8H,1-3H3,(H,19,24)(H,20,25). The molecule has 11 nitrogen and oxygen atoms in total. The Morgan fingerprint density at radius 3 is 2.52 bits per heavy atom. The normalized spacial score (nSPS) is 10.6. The molecule has 0 aliphatic rings. The first-order valence-corrected chi connectivity index (χ1v) is 9.06. The Kier molecular flexibility index (Phi) is 5.64. The van der Waals surface area contributed by atoms with Gasteiger partial charge < -0.3 is 8.98 Å². The van der Waals surface area contributed by atoms with Gasteiger partial charge in [0.25, 0.3) is 17.5 Å². The molecule has 0 aliphatic heterocycles. The monoisotopic (exact) mass is 416 g/mol. The number of aryl methyl sites for hydroxylation is 3. The Balaban J connectivity index is 1.74. The van der Waals surface area contributed by atoms with Crippen LogP contribution in [0.3, 0.4) is 0 Å². The molecule has 0 fully saturated rings. The zero-order chi connectivity index (χ0) is 21.1. The summed E-state index contributed by atoms with van der Waals surface area (Å²) in [7, 11) is 1.71. The van der Waals surface area contributed by atoms with E-state index in [0.29, 0.717) is 21.6 Å². The molecular weight excluding hydrogens is 400 g/mol. The van der Waals surface area contributed by atoms with Crippen molar-refractivity contribution < 1.29 is 18.9 Å². The highest BCUT2D eigenvalue weighted by molar-refractivity contribution is 7.99. The number of amides is 2. The van der Waals surface area contributed by atoms with E-state index in [1.165, 1.54) is 18.5 Å². The molecule has 2 heterocycles. The maximum Gasteiger partial charge on any atom is 0.284 e. The molecule has 150 valence electrons. The minimum absolute atomic E-state index is 0.0133. The number of aromatic nitrogens is 3. The number of rotatable bonds is 5. The number of hydrazine groups is 1. The third-order valence-electron chi connectivity index (χ3n) is 3.86. The van der Waals surface area contributed by atoms with Gasteiger partial charge in [0.1, 0.15) is 17.8 Å². The maximum atomic E-state index is 12.3. The summed E-state index contributed by atoms with van der Waals surface area (Å²) in [5.74, 6) is -0.285. The van der Waals surface area contributed by atoms with Crippen LogP contribution in [0.15, 0.2) is 45.1 Å². The summed E-state index contributed by atoms with van der Waals surface area (Å²) in [4.78, 5) is 35.6. The van der Waals surface area contributed by atoms with Crippen LogP contribution in [-0.2, 0) is 7.05 Å². The van der Waals surface area contributed by atoms with Gasteiger partial charge in [0.05, 0.1) is 15.4 Å². The first-order chi connectivity index (χ1) is 13.8. The minimum Gasteiger partial charge on any atom is -0.466 e. The summed E-state index contributed by atoms with van der Waals surface area (Å²) in [6.07, 6.45) is 1.47. The summed E-state index contributed by atoms with van der Waals surface area (Å²) in [6.45, 7) is 3.32. The van der Waals surface area contributed by atoms with Gasteiger partial charge in [0, 0.05) is 18.7 Å². The number of nitrogens with one attached hydrogen (secondary N) is 2. The van der Waals surface area contributed by atoms with Crippen molar-refractivity contribution in [3.05, 3.63) is 63.4 Å². The molecule has 2 amide bonds. The number of benzene rings is 1. The van der Waals surface area contributed by atoms with E-state index in [2.05, 4.69) is 21.0 Å². The van der Waals surface area contributed by atoms with Gasteiger partial charge in [-0.1, -0.05) is 0 Å². The van der Waals surface area contributed by atoms with Gasteiger partial charge in [-0.3, -0.25) is 30.6 Å². The fraction of sp³-hybridized carbons (Fsp3) is 0.176. The highest BCUT2D eigenvalue weighted by Crippen LogP contribution is 2.34. The first kappa shape index (κ1) is 20.1. The van der Waals surface area contributed by atoms with E-state index in [1.54, 1.807) is 31.5 Å². The predicted octanol–water partition coefficient (Wildman–Crippen LogP) is 2.16. The average Bonchev–Trinajstić information content (AvgIpc) is 3.23. The third-order valence-corrected chi connectivity index (χ3v) is 4.98. The number of carbonyl (C=O) groups is 2. The molecule has 2 N–H and O–H groups in total. The second-order valence-electron chi connectivity index (χ2n) is 6.00. The number of carbonyl (C=O) groups excluding carboxylic acids is 2. The minimum atomic E-state index is -0.700. The Labute approximate surface area is 168 Å². The Morgan fingerprint density at radius 1 is 1.21 bits per heavy atom. The van der Waals surface area contributed by atoms with Crippen molar-refractivity contribution in [2.45, 2.75) is 23.9 Å². The lowest BCUT2D eigenvalue weighted by Crippen LogP contribution is -2.41. The highest BCUT2D eigenvalue weighted by Gasteiger charge is 2.21. The summed E-state index contributed by atoms with van der Waals surface area (Å²) in [6, 6.07) is 5.53. The van der Waals surface area contributed by atoms with Crippen LogP contribution in [0.2, 0.25) is 0 Å². The molecule has 1 aromatic carbocycles. The van der Waals surface area contributed by atoms with Crippen LogP contribution in [0.25, 0.3) is 0 Å². The smallest absolute Gasteiger partial charge is 0.284 e. The van der Waals surface area contributed by atoms with E-state index in [4.69, 9.17) is 4.42 Å². The second-order valence-corrected chi connectivity index (χ2v) is 7.01. The molecule has 3 aromatic rings. The molecule has 0 saturated carbocycles. The van der Waals surface area contributed by atoms with Crippen LogP contribution in [0.1, 0.15) is 32.2 Å². The van der Waals surface area contributed by atoms with Crippen molar-refractivity contribution in [1.82, 2.24) is 25.6 Å². The zero-order valence-electron chi connectivity index (χ0n) is 15.6. The quantitative estimate of drug-likeness (QED) is 0.475. The molecule has 0 atom stereocenters. The highest BCUT2D eigenvalue weighted by atomic mass is 32.2. The summed E-state index contributed by atoms with van der Waals surface area (Å²) >= 11 is 1.05. The van der Waals surface area contributed by atoms with E-state index in [-0.39, 0.29) is 16.8 Å². The fourth-order valence-electron chi connectivity index (χ4n) is 2.46. The number of nitrogens with zero attached hydrogens (tertiary/aromatic N) is 4.